The minimum atomic E-state index is 1.03. The van der Waals surface area contributed by atoms with Gasteiger partial charge in [0.1, 0.15) is 0 Å². The van der Waals surface area contributed by atoms with Gasteiger partial charge in [-0.1, -0.05) is 26.7 Å². The van der Waals surface area contributed by atoms with Gasteiger partial charge in [-0.3, -0.25) is 0 Å². The molecule has 4 aliphatic rings. The zero-order valence-corrected chi connectivity index (χ0v) is 13.7. The highest BCUT2D eigenvalue weighted by Gasteiger charge is 2.47. The van der Waals surface area contributed by atoms with Crippen molar-refractivity contribution in [1.82, 2.24) is 0 Å². The molecule has 4 rings (SSSR count). The molecule has 0 spiro atoms. The SMILES string of the molecule is CC1CCC2CC3C(CCC4CC(C)CCC43)CC2C1. The molecule has 20 heavy (non-hydrogen) atoms. The van der Waals surface area contributed by atoms with Crippen molar-refractivity contribution in [2.45, 2.75) is 78.1 Å². The highest BCUT2D eigenvalue weighted by atomic mass is 14.5. The molecule has 0 amide bonds. The van der Waals surface area contributed by atoms with Crippen LogP contribution in [0.4, 0.5) is 0 Å². The largest absolute Gasteiger partial charge is 0.0625 e. The highest BCUT2D eigenvalue weighted by molar-refractivity contribution is 4.97. The predicted octanol–water partition coefficient (Wildman–Crippen LogP) is 5.91. The number of fused-ring (bicyclic) bond motifs is 4. The lowest BCUT2D eigenvalue weighted by molar-refractivity contribution is -0.0372. The second kappa shape index (κ2) is 5.33. The van der Waals surface area contributed by atoms with E-state index in [-0.39, 0.29) is 0 Å². The van der Waals surface area contributed by atoms with Crippen LogP contribution >= 0.6 is 0 Å². The molecule has 114 valence electrons. The van der Waals surface area contributed by atoms with Gasteiger partial charge in [0.05, 0.1) is 0 Å². The lowest BCUT2D eigenvalue weighted by Crippen LogP contribution is -2.44. The van der Waals surface area contributed by atoms with Crippen molar-refractivity contribution in [2.24, 2.45) is 47.3 Å². The zero-order chi connectivity index (χ0) is 13.7. The van der Waals surface area contributed by atoms with Gasteiger partial charge in [0.25, 0.3) is 0 Å². The van der Waals surface area contributed by atoms with Crippen molar-refractivity contribution in [1.29, 1.82) is 0 Å². The van der Waals surface area contributed by atoms with Gasteiger partial charge in [0.15, 0.2) is 0 Å². The average molecular weight is 274 g/mol. The number of hydrogen-bond donors (Lipinski definition) is 0. The first-order chi connectivity index (χ1) is 9.70. The first-order valence-electron chi connectivity index (χ1n) is 9.70. The molecule has 4 aliphatic carbocycles. The van der Waals surface area contributed by atoms with Crippen LogP contribution in [-0.2, 0) is 0 Å². The van der Waals surface area contributed by atoms with E-state index in [9.17, 15) is 0 Å². The van der Waals surface area contributed by atoms with Crippen LogP contribution in [0.15, 0.2) is 0 Å². The molecule has 0 nitrogen and oxygen atoms in total. The Kier molecular flexibility index (Phi) is 3.63. The van der Waals surface area contributed by atoms with Gasteiger partial charge in [-0.2, -0.15) is 0 Å². The highest BCUT2D eigenvalue weighted by Crippen LogP contribution is 2.57. The summed E-state index contributed by atoms with van der Waals surface area (Å²) in [6.45, 7) is 5.00. The normalized spacial score (nSPS) is 55.5. The van der Waals surface area contributed by atoms with E-state index >= 15 is 0 Å². The Bertz CT molecular complexity index is 342. The third-order valence-corrected chi connectivity index (χ3v) is 7.95. The smallest absolute Gasteiger partial charge is 0.0352 e. The molecule has 8 unspecified atom stereocenters. The molecule has 0 heteroatoms. The molecule has 0 aromatic heterocycles. The average Bonchev–Trinajstić information content (AvgIpc) is 2.44. The molecule has 0 aromatic rings. The van der Waals surface area contributed by atoms with Crippen molar-refractivity contribution in [2.75, 3.05) is 0 Å². The lowest BCUT2D eigenvalue weighted by Gasteiger charge is -2.54. The van der Waals surface area contributed by atoms with Crippen LogP contribution in [0, 0.1) is 47.3 Å². The van der Waals surface area contributed by atoms with E-state index in [1.165, 1.54) is 12.8 Å². The van der Waals surface area contributed by atoms with Gasteiger partial charge >= 0.3 is 0 Å². The molecular formula is C20H34. The third kappa shape index (κ3) is 2.35. The monoisotopic (exact) mass is 274 g/mol. The molecule has 0 radical (unpaired) electrons. The van der Waals surface area contributed by atoms with Gasteiger partial charge in [-0.15, -0.1) is 0 Å². The zero-order valence-electron chi connectivity index (χ0n) is 13.7. The maximum atomic E-state index is 2.50. The van der Waals surface area contributed by atoms with E-state index in [1.54, 1.807) is 51.4 Å². The summed E-state index contributed by atoms with van der Waals surface area (Å²) in [5.74, 6) is 8.86. The van der Waals surface area contributed by atoms with E-state index in [2.05, 4.69) is 13.8 Å². The maximum Gasteiger partial charge on any atom is -0.0352 e. The van der Waals surface area contributed by atoms with Crippen LogP contribution in [-0.4, -0.2) is 0 Å². The van der Waals surface area contributed by atoms with Crippen molar-refractivity contribution in [3.8, 4) is 0 Å². The third-order valence-electron chi connectivity index (χ3n) is 7.95. The van der Waals surface area contributed by atoms with Gasteiger partial charge in [0, 0.05) is 0 Å². The summed E-state index contributed by atoms with van der Waals surface area (Å²) in [6, 6.07) is 0. The van der Waals surface area contributed by atoms with Gasteiger partial charge in [-0.05, 0) is 98.7 Å². The number of hydrogen-bond acceptors (Lipinski definition) is 0. The first-order valence-corrected chi connectivity index (χ1v) is 9.70. The summed E-state index contributed by atoms with van der Waals surface area (Å²) < 4.78 is 0. The molecule has 0 saturated heterocycles. The summed E-state index contributed by atoms with van der Waals surface area (Å²) in [5, 5.41) is 0. The van der Waals surface area contributed by atoms with E-state index < -0.39 is 0 Å². The topological polar surface area (TPSA) is 0 Å². The fourth-order valence-electron chi connectivity index (χ4n) is 6.97. The van der Waals surface area contributed by atoms with E-state index in [0.29, 0.717) is 0 Å². The summed E-state index contributed by atoms with van der Waals surface area (Å²) in [5.41, 5.74) is 0. The molecule has 4 fully saturated rings. The van der Waals surface area contributed by atoms with Crippen molar-refractivity contribution in [3.63, 3.8) is 0 Å². The Labute approximate surface area is 126 Å². The molecular weight excluding hydrogens is 240 g/mol. The van der Waals surface area contributed by atoms with Crippen LogP contribution in [0.3, 0.4) is 0 Å². The minimum Gasteiger partial charge on any atom is -0.0625 e. The molecule has 0 aliphatic heterocycles. The Morgan fingerprint density at radius 2 is 1.05 bits per heavy atom. The van der Waals surface area contributed by atoms with Gasteiger partial charge < -0.3 is 0 Å². The molecule has 0 N–H and O–H groups in total. The van der Waals surface area contributed by atoms with Crippen molar-refractivity contribution >= 4 is 0 Å². The standard InChI is InChI=1S/C20H34/c1-13-3-5-15-12-20-17(11-18(15)10-13)7-6-16-9-14(2)4-8-19(16)20/h13-20H,3-12H2,1-2H3. The Balaban J connectivity index is 1.48. The van der Waals surface area contributed by atoms with E-state index in [1.807, 2.05) is 0 Å². The van der Waals surface area contributed by atoms with Crippen LogP contribution in [0.25, 0.3) is 0 Å². The Morgan fingerprint density at radius 1 is 0.450 bits per heavy atom. The molecule has 0 heterocycles. The fraction of sp³-hybridized carbons (Fsp3) is 1.00. The van der Waals surface area contributed by atoms with Crippen molar-refractivity contribution in [3.05, 3.63) is 0 Å². The summed E-state index contributed by atoms with van der Waals surface area (Å²) in [6.07, 6.45) is 15.8. The molecule has 0 aromatic carbocycles. The Morgan fingerprint density at radius 3 is 1.85 bits per heavy atom. The van der Waals surface area contributed by atoms with Crippen LogP contribution in [0.1, 0.15) is 78.1 Å². The molecule has 0 bridgehead atoms. The fourth-order valence-corrected chi connectivity index (χ4v) is 6.97. The second-order valence-corrected chi connectivity index (χ2v) is 9.25. The van der Waals surface area contributed by atoms with Crippen LogP contribution in [0.5, 0.6) is 0 Å². The van der Waals surface area contributed by atoms with Crippen LogP contribution in [0.2, 0.25) is 0 Å². The first kappa shape index (κ1) is 13.6. The van der Waals surface area contributed by atoms with Crippen LogP contribution < -0.4 is 0 Å². The van der Waals surface area contributed by atoms with E-state index in [0.717, 1.165) is 47.3 Å². The summed E-state index contributed by atoms with van der Waals surface area (Å²) in [7, 11) is 0. The van der Waals surface area contributed by atoms with Gasteiger partial charge in [0.2, 0.25) is 0 Å². The number of rotatable bonds is 0. The minimum absolute atomic E-state index is 1.03. The lowest BCUT2D eigenvalue weighted by atomic mass is 9.52. The maximum absolute atomic E-state index is 2.50. The van der Waals surface area contributed by atoms with Crippen molar-refractivity contribution < 1.29 is 0 Å². The van der Waals surface area contributed by atoms with E-state index in [4.69, 9.17) is 0 Å². The molecule has 8 atom stereocenters. The van der Waals surface area contributed by atoms with Gasteiger partial charge in [-0.25, -0.2) is 0 Å². The Hall–Kier alpha value is 0. The predicted molar refractivity (Wildman–Crippen MR) is 85.4 cm³/mol. The summed E-state index contributed by atoms with van der Waals surface area (Å²) >= 11 is 0. The summed E-state index contributed by atoms with van der Waals surface area (Å²) in [4.78, 5) is 0. The quantitative estimate of drug-likeness (QED) is 0.515. The molecule has 4 saturated carbocycles. The second-order valence-electron chi connectivity index (χ2n) is 9.25.